The van der Waals surface area contributed by atoms with Gasteiger partial charge in [-0.25, -0.2) is 4.79 Å². The van der Waals surface area contributed by atoms with Crippen molar-refractivity contribution in [2.24, 2.45) is 14.1 Å². The first-order valence-electron chi connectivity index (χ1n) is 5.00. The average molecular weight is 257 g/mol. The van der Waals surface area contributed by atoms with Crippen molar-refractivity contribution in [3.8, 4) is 0 Å². The van der Waals surface area contributed by atoms with Crippen LogP contribution in [-0.2, 0) is 14.1 Å². The van der Waals surface area contributed by atoms with Gasteiger partial charge >= 0.3 is 5.69 Å². The fourth-order valence-electron chi connectivity index (χ4n) is 1.30. The molecular formula is C9H15N5O2S. The van der Waals surface area contributed by atoms with E-state index in [4.69, 9.17) is 18.0 Å². The van der Waals surface area contributed by atoms with Crippen LogP contribution in [0.1, 0.15) is 6.92 Å². The molecule has 4 N–H and O–H groups in total. The van der Waals surface area contributed by atoms with Gasteiger partial charge in [0.25, 0.3) is 5.56 Å². The quantitative estimate of drug-likeness (QED) is 0.587. The molecule has 8 heteroatoms. The van der Waals surface area contributed by atoms with Gasteiger partial charge in [-0.2, -0.15) is 0 Å². The molecule has 0 aromatic carbocycles. The first kappa shape index (κ1) is 13.2. The molecule has 1 aromatic rings. The summed E-state index contributed by atoms with van der Waals surface area (Å²) in [6, 6.07) is 0. The summed E-state index contributed by atoms with van der Waals surface area (Å²) >= 11 is 4.96. The zero-order chi connectivity index (χ0) is 13.2. The molecule has 0 aliphatic rings. The Labute approximate surface area is 103 Å². The van der Waals surface area contributed by atoms with E-state index in [9.17, 15) is 9.59 Å². The Morgan fingerprint density at radius 2 is 1.94 bits per heavy atom. The molecule has 94 valence electrons. The minimum Gasteiger partial charge on any atom is -0.383 e. The van der Waals surface area contributed by atoms with E-state index in [2.05, 4.69) is 10.6 Å². The van der Waals surface area contributed by atoms with E-state index in [0.29, 0.717) is 6.54 Å². The molecule has 1 rings (SSSR count). The van der Waals surface area contributed by atoms with Crippen LogP contribution in [0.15, 0.2) is 9.59 Å². The number of nitrogens with two attached hydrogens (primary N) is 1. The van der Waals surface area contributed by atoms with E-state index in [1.807, 2.05) is 6.92 Å². The van der Waals surface area contributed by atoms with Gasteiger partial charge in [0.1, 0.15) is 11.5 Å². The first-order valence-corrected chi connectivity index (χ1v) is 5.41. The molecule has 0 bridgehead atoms. The van der Waals surface area contributed by atoms with Crippen LogP contribution >= 0.6 is 12.2 Å². The number of anilines is 2. The minimum atomic E-state index is -0.508. The molecule has 0 saturated carbocycles. The zero-order valence-electron chi connectivity index (χ0n) is 9.90. The molecule has 0 amide bonds. The highest BCUT2D eigenvalue weighted by Crippen LogP contribution is 2.08. The maximum atomic E-state index is 11.8. The molecule has 0 aliphatic carbocycles. The second-order valence-corrected chi connectivity index (χ2v) is 3.86. The zero-order valence-corrected chi connectivity index (χ0v) is 10.7. The molecular weight excluding hydrogens is 242 g/mol. The van der Waals surface area contributed by atoms with Crippen LogP contribution in [0.3, 0.4) is 0 Å². The lowest BCUT2D eigenvalue weighted by molar-refractivity contribution is 0.697. The van der Waals surface area contributed by atoms with Crippen molar-refractivity contribution in [2.45, 2.75) is 6.92 Å². The second-order valence-electron chi connectivity index (χ2n) is 3.45. The summed E-state index contributed by atoms with van der Waals surface area (Å²) in [6.45, 7) is 2.49. The highest BCUT2D eigenvalue weighted by molar-refractivity contribution is 7.80. The van der Waals surface area contributed by atoms with E-state index in [1.165, 1.54) is 18.7 Å². The van der Waals surface area contributed by atoms with Crippen molar-refractivity contribution in [1.82, 2.24) is 14.5 Å². The van der Waals surface area contributed by atoms with Gasteiger partial charge in [0.15, 0.2) is 5.11 Å². The van der Waals surface area contributed by atoms with Gasteiger partial charge in [0.2, 0.25) is 0 Å². The summed E-state index contributed by atoms with van der Waals surface area (Å²) in [5.41, 5.74) is 4.81. The number of nitrogen functional groups attached to an aromatic ring is 1. The molecule has 0 spiro atoms. The fraction of sp³-hybridized carbons (Fsp3) is 0.444. The molecule has 0 fully saturated rings. The number of nitrogens with one attached hydrogen (secondary N) is 2. The maximum absolute atomic E-state index is 11.8. The number of thiocarbonyl (C=S) groups is 1. The van der Waals surface area contributed by atoms with Gasteiger partial charge in [-0.3, -0.25) is 13.9 Å². The highest BCUT2D eigenvalue weighted by Gasteiger charge is 2.13. The number of rotatable bonds is 2. The van der Waals surface area contributed by atoms with Gasteiger partial charge in [-0.15, -0.1) is 0 Å². The van der Waals surface area contributed by atoms with E-state index < -0.39 is 11.2 Å². The Kier molecular flexibility index (Phi) is 3.89. The van der Waals surface area contributed by atoms with Gasteiger partial charge in [0, 0.05) is 20.6 Å². The lowest BCUT2D eigenvalue weighted by atomic mass is 10.4. The van der Waals surface area contributed by atoms with Gasteiger partial charge in [-0.1, -0.05) is 0 Å². The Balaban J connectivity index is 3.31. The molecule has 1 heterocycles. The van der Waals surface area contributed by atoms with Crippen LogP contribution < -0.4 is 27.6 Å². The molecule has 0 saturated heterocycles. The van der Waals surface area contributed by atoms with Crippen LogP contribution in [-0.4, -0.2) is 20.8 Å². The molecule has 0 radical (unpaired) electrons. The largest absolute Gasteiger partial charge is 0.383 e. The smallest absolute Gasteiger partial charge is 0.332 e. The van der Waals surface area contributed by atoms with E-state index in [0.717, 1.165) is 4.57 Å². The predicted octanol–water partition coefficient (Wildman–Crippen LogP) is -1.03. The van der Waals surface area contributed by atoms with Gasteiger partial charge in [0.05, 0.1) is 0 Å². The first-order chi connectivity index (χ1) is 7.90. The molecule has 1 aromatic heterocycles. The van der Waals surface area contributed by atoms with Crippen molar-refractivity contribution >= 4 is 28.8 Å². The summed E-state index contributed by atoms with van der Waals surface area (Å²) in [5, 5.41) is 5.81. The van der Waals surface area contributed by atoms with E-state index in [-0.39, 0.29) is 16.6 Å². The summed E-state index contributed by atoms with van der Waals surface area (Å²) in [7, 11) is 2.87. The summed E-state index contributed by atoms with van der Waals surface area (Å²) in [5.74, 6) is 0.0540. The summed E-state index contributed by atoms with van der Waals surface area (Å²) in [4.78, 5) is 23.4. The van der Waals surface area contributed by atoms with Crippen molar-refractivity contribution in [3.63, 3.8) is 0 Å². The number of hydrogen-bond acceptors (Lipinski definition) is 4. The third kappa shape index (κ3) is 2.47. The standard InChI is InChI=1S/C9H15N5O2S/c1-4-11-8(17)12-5-6(10)13(2)9(16)14(3)7(5)15/h4,10H2,1-3H3,(H2,11,12,17). The Hall–Kier alpha value is -1.83. The number of aromatic nitrogens is 2. The predicted molar refractivity (Wildman–Crippen MR) is 71.2 cm³/mol. The normalized spacial score (nSPS) is 10.1. The Bertz CT molecular complexity index is 560. The average Bonchev–Trinajstić information content (AvgIpc) is 2.30. The second kappa shape index (κ2) is 5.00. The van der Waals surface area contributed by atoms with Crippen LogP contribution in [0.25, 0.3) is 0 Å². The molecule has 17 heavy (non-hydrogen) atoms. The molecule has 0 unspecified atom stereocenters. The molecule has 0 atom stereocenters. The van der Waals surface area contributed by atoms with Gasteiger partial charge in [-0.05, 0) is 19.1 Å². The van der Waals surface area contributed by atoms with Crippen LogP contribution in [0.5, 0.6) is 0 Å². The van der Waals surface area contributed by atoms with Crippen molar-refractivity contribution < 1.29 is 0 Å². The fourth-order valence-corrected chi connectivity index (χ4v) is 1.54. The molecule has 0 aliphatic heterocycles. The third-order valence-electron chi connectivity index (χ3n) is 2.29. The highest BCUT2D eigenvalue weighted by atomic mass is 32.1. The van der Waals surface area contributed by atoms with Crippen molar-refractivity contribution in [3.05, 3.63) is 20.8 Å². The van der Waals surface area contributed by atoms with Gasteiger partial charge < -0.3 is 16.4 Å². The van der Waals surface area contributed by atoms with Crippen LogP contribution in [0, 0.1) is 0 Å². The van der Waals surface area contributed by atoms with Crippen molar-refractivity contribution in [1.29, 1.82) is 0 Å². The number of hydrogen-bond donors (Lipinski definition) is 3. The topological polar surface area (TPSA) is 94.1 Å². The number of nitrogens with zero attached hydrogens (tertiary/aromatic N) is 2. The Morgan fingerprint density at radius 3 is 2.47 bits per heavy atom. The SMILES string of the molecule is CCNC(=S)Nc1c(N)n(C)c(=O)n(C)c1=O. The van der Waals surface area contributed by atoms with Crippen LogP contribution in [0.4, 0.5) is 11.5 Å². The lowest BCUT2D eigenvalue weighted by Gasteiger charge is -2.13. The Morgan fingerprint density at radius 1 is 1.35 bits per heavy atom. The lowest BCUT2D eigenvalue weighted by Crippen LogP contribution is -2.41. The minimum absolute atomic E-state index is 0.0540. The summed E-state index contributed by atoms with van der Waals surface area (Å²) < 4.78 is 2.14. The van der Waals surface area contributed by atoms with Crippen LogP contribution in [0.2, 0.25) is 0 Å². The van der Waals surface area contributed by atoms with E-state index >= 15 is 0 Å². The molecule has 7 nitrogen and oxygen atoms in total. The third-order valence-corrected chi connectivity index (χ3v) is 2.53. The maximum Gasteiger partial charge on any atom is 0.332 e. The summed E-state index contributed by atoms with van der Waals surface area (Å²) in [6.07, 6.45) is 0. The van der Waals surface area contributed by atoms with Crippen molar-refractivity contribution in [2.75, 3.05) is 17.6 Å². The monoisotopic (exact) mass is 257 g/mol. The van der Waals surface area contributed by atoms with E-state index in [1.54, 1.807) is 0 Å².